The molecule has 0 spiro atoms. The van der Waals surface area contributed by atoms with Crippen molar-refractivity contribution in [2.45, 2.75) is 110 Å². The Kier molecular flexibility index (Phi) is 22.5. The minimum Gasteiger partial charge on any atom is -0.466 e. The fourth-order valence-corrected chi connectivity index (χ4v) is 3.02. The van der Waals surface area contributed by atoms with Gasteiger partial charge in [0.15, 0.2) is 0 Å². The zero-order chi connectivity index (χ0) is 21.4. The summed E-state index contributed by atoms with van der Waals surface area (Å²) in [4.78, 5) is 11.9. The van der Waals surface area contributed by atoms with Crippen LogP contribution in [0.15, 0.2) is 0 Å². The first-order chi connectivity index (χ1) is 14.2. The van der Waals surface area contributed by atoms with Crippen molar-refractivity contribution in [2.75, 3.05) is 18.5 Å². The number of alkyl halides is 1. The van der Waals surface area contributed by atoms with E-state index in [0.29, 0.717) is 26.1 Å². The Morgan fingerprint density at radius 2 is 1.41 bits per heavy atom. The van der Waals surface area contributed by atoms with Crippen LogP contribution in [0.4, 0.5) is 0 Å². The summed E-state index contributed by atoms with van der Waals surface area (Å²) in [6, 6.07) is 0. The highest BCUT2D eigenvalue weighted by Crippen LogP contribution is 2.13. The molecule has 0 aromatic heterocycles. The maximum atomic E-state index is 11.9. The quantitative estimate of drug-likeness (QED) is 0.102. The molecule has 0 amide bonds. The molecule has 0 bridgehead atoms. The highest BCUT2D eigenvalue weighted by molar-refractivity contribution is 9.09. The van der Waals surface area contributed by atoms with E-state index in [4.69, 9.17) is 9.47 Å². The molecule has 0 aliphatic heterocycles. The van der Waals surface area contributed by atoms with E-state index in [-0.39, 0.29) is 12.1 Å². The molecule has 0 N–H and O–H groups in total. The molecule has 0 aromatic rings. The van der Waals surface area contributed by atoms with E-state index < -0.39 is 0 Å². The van der Waals surface area contributed by atoms with E-state index in [9.17, 15) is 4.79 Å². The summed E-state index contributed by atoms with van der Waals surface area (Å²) < 4.78 is 11.3. The largest absolute Gasteiger partial charge is 0.466 e. The zero-order valence-electron chi connectivity index (χ0n) is 18.7. The molecule has 0 aliphatic rings. The lowest BCUT2D eigenvalue weighted by molar-refractivity contribution is -0.144. The van der Waals surface area contributed by atoms with Crippen LogP contribution in [0.5, 0.6) is 0 Å². The van der Waals surface area contributed by atoms with Crippen molar-refractivity contribution >= 4 is 21.9 Å². The predicted molar refractivity (Wildman–Crippen MR) is 126 cm³/mol. The van der Waals surface area contributed by atoms with Gasteiger partial charge < -0.3 is 9.47 Å². The molecule has 0 radical (unpaired) electrons. The zero-order valence-corrected chi connectivity index (χ0v) is 20.3. The lowest BCUT2D eigenvalue weighted by atomic mass is 10.1. The molecule has 0 aromatic carbocycles. The standard InChI is InChI=1S/C25H41BrO3/c1-3-5-7-9-11-12-14-18-24(28-22-16-13-10-8-6-4-2)19-20-25(27)29-23-17-15-21-26/h24H,3-8,12,14-23H2,1-2H3. The SMILES string of the molecule is CCCCC#CCCCC(CCC(=O)OCCCCBr)OCCC#CCCCC. The molecule has 166 valence electrons. The molecular weight excluding hydrogens is 428 g/mol. The van der Waals surface area contributed by atoms with Gasteiger partial charge in [0.1, 0.15) is 0 Å². The highest BCUT2D eigenvalue weighted by Gasteiger charge is 2.12. The number of unbranched alkanes of at least 4 members (excludes halogenated alkanes) is 6. The van der Waals surface area contributed by atoms with Gasteiger partial charge in [-0.05, 0) is 44.9 Å². The van der Waals surface area contributed by atoms with E-state index in [1.807, 2.05) is 0 Å². The van der Waals surface area contributed by atoms with Gasteiger partial charge in [0.2, 0.25) is 0 Å². The number of esters is 1. The normalized spacial score (nSPS) is 11.1. The minimum atomic E-state index is -0.119. The fourth-order valence-electron chi connectivity index (χ4n) is 2.62. The lowest BCUT2D eigenvalue weighted by Gasteiger charge is -2.16. The number of ether oxygens (including phenoxy) is 2. The number of hydrogen-bond acceptors (Lipinski definition) is 3. The van der Waals surface area contributed by atoms with Gasteiger partial charge in [-0.1, -0.05) is 42.6 Å². The summed E-state index contributed by atoms with van der Waals surface area (Å²) in [5, 5.41) is 0.948. The molecule has 0 rings (SSSR count). The summed E-state index contributed by atoms with van der Waals surface area (Å²) in [7, 11) is 0. The number of carbonyl (C=O) groups is 1. The van der Waals surface area contributed by atoms with Crippen LogP contribution in [0.3, 0.4) is 0 Å². The number of carbonyl (C=O) groups excluding carboxylic acids is 1. The third kappa shape index (κ3) is 21.6. The summed E-state index contributed by atoms with van der Waals surface area (Å²) in [5.74, 6) is 12.7. The summed E-state index contributed by atoms with van der Waals surface area (Å²) >= 11 is 3.38. The summed E-state index contributed by atoms with van der Waals surface area (Å²) in [6.07, 6.45) is 13.4. The monoisotopic (exact) mass is 468 g/mol. The van der Waals surface area contributed by atoms with Crippen LogP contribution in [0.2, 0.25) is 0 Å². The van der Waals surface area contributed by atoms with Crippen molar-refractivity contribution in [2.24, 2.45) is 0 Å². The number of halogens is 1. The van der Waals surface area contributed by atoms with Crippen LogP contribution in [0.1, 0.15) is 104 Å². The average molecular weight is 470 g/mol. The van der Waals surface area contributed by atoms with E-state index in [0.717, 1.165) is 63.1 Å². The Hall–Kier alpha value is -0.970. The second-order valence-electron chi connectivity index (χ2n) is 7.20. The molecule has 0 saturated heterocycles. The third-order valence-corrected chi connectivity index (χ3v) is 4.99. The van der Waals surface area contributed by atoms with E-state index in [1.54, 1.807) is 0 Å². The Morgan fingerprint density at radius 3 is 2.03 bits per heavy atom. The van der Waals surface area contributed by atoms with Crippen LogP contribution in [0.25, 0.3) is 0 Å². The van der Waals surface area contributed by atoms with Crippen LogP contribution >= 0.6 is 15.9 Å². The summed E-state index contributed by atoms with van der Waals surface area (Å²) in [6.45, 7) is 5.50. The Bertz CT molecular complexity index is 464. The Labute approximate surface area is 188 Å². The van der Waals surface area contributed by atoms with Gasteiger partial charge in [0, 0.05) is 37.4 Å². The van der Waals surface area contributed by atoms with E-state index in [2.05, 4.69) is 53.5 Å². The van der Waals surface area contributed by atoms with E-state index in [1.165, 1.54) is 19.3 Å². The Morgan fingerprint density at radius 1 is 0.793 bits per heavy atom. The van der Waals surface area contributed by atoms with Gasteiger partial charge in [-0.25, -0.2) is 0 Å². The summed E-state index contributed by atoms with van der Waals surface area (Å²) in [5.41, 5.74) is 0. The van der Waals surface area contributed by atoms with Crippen LogP contribution < -0.4 is 0 Å². The van der Waals surface area contributed by atoms with E-state index >= 15 is 0 Å². The van der Waals surface area contributed by atoms with Crippen LogP contribution in [-0.4, -0.2) is 30.6 Å². The smallest absolute Gasteiger partial charge is 0.305 e. The first kappa shape index (κ1) is 28.0. The maximum absolute atomic E-state index is 11.9. The molecule has 29 heavy (non-hydrogen) atoms. The molecule has 1 atom stereocenters. The van der Waals surface area contributed by atoms with Crippen molar-refractivity contribution < 1.29 is 14.3 Å². The topological polar surface area (TPSA) is 35.5 Å². The molecule has 0 fully saturated rings. The third-order valence-electron chi connectivity index (χ3n) is 4.43. The predicted octanol–water partition coefficient (Wildman–Crippen LogP) is 6.82. The minimum absolute atomic E-state index is 0.0833. The van der Waals surface area contributed by atoms with Crippen molar-refractivity contribution in [3.05, 3.63) is 0 Å². The molecule has 1 unspecified atom stereocenters. The second-order valence-corrected chi connectivity index (χ2v) is 8.00. The average Bonchev–Trinajstić information content (AvgIpc) is 2.73. The lowest BCUT2D eigenvalue weighted by Crippen LogP contribution is -2.17. The van der Waals surface area contributed by atoms with Crippen molar-refractivity contribution in [3.63, 3.8) is 0 Å². The molecule has 0 aliphatic carbocycles. The fraction of sp³-hybridized carbons (Fsp3) is 0.800. The molecular formula is C25H41BrO3. The van der Waals surface area contributed by atoms with Gasteiger partial charge in [-0.15, -0.1) is 23.7 Å². The highest BCUT2D eigenvalue weighted by atomic mass is 79.9. The van der Waals surface area contributed by atoms with Crippen molar-refractivity contribution in [1.29, 1.82) is 0 Å². The van der Waals surface area contributed by atoms with Gasteiger partial charge >= 0.3 is 5.97 Å². The number of hydrogen-bond donors (Lipinski definition) is 0. The molecule has 0 saturated carbocycles. The Balaban J connectivity index is 4.19. The van der Waals surface area contributed by atoms with Crippen molar-refractivity contribution in [3.8, 4) is 23.7 Å². The first-order valence-corrected chi connectivity index (χ1v) is 12.6. The first-order valence-electron chi connectivity index (χ1n) is 11.5. The number of rotatable bonds is 17. The molecule has 0 heterocycles. The van der Waals surface area contributed by atoms with Gasteiger partial charge in [-0.3, -0.25) is 4.79 Å². The van der Waals surface area contributed by atoms with Gasteiger partial charge in [0.25, 0.3) is 0 Å². The maximum Gasteiger partial charge on any atom is 0.305 e. The second kappa shape index (κ2) is 23.3. The van der Waals surface area contributed by atoms with Crippen LogP contribution in [0, 0.1) is 23.7 Å². The van der Waals surface area contributed by atoms with Crippen molar-refractivity contribution in [1.82, 2.24) is 0 Å². The van der Waals surface area contributed by atoms with Crippen LogP contribution in [-0.2, 0) is 14.3 Å². The molecule has 3 nitrogen and oxygen atoms in total. The van der Waals surface area contributed by atoms with Gasteiger partial charge in [0.05, 0.1) is 19.3 Å². The van der Waals surface area contributed by atoms with Gasteiger partial charge in [-0.2, -0.15) is 0 Å². The molecule has 4 heteroatoms.